The number of benzene rings is 2. The van der Waals surface area contributed by atoms with Crippen LogP contribution in [0.2, 0.25) is 10.0 Å². The number of hydrogen-bond acceptors (Lipinski definition) is 7. The van der Waals surface area contributed by atoms with Crippen LogP contribution in [0.3, 0.4) is 0 Å². The Labute approximate surface area is 250 Å². The molecule has 1 fully saturated rings. The highest BCUT2D eigenvalue weighted by atomic mass is 35.5. The van der Waals surface area contributed by atoms with Gasteiger partial charge in [0, 0.05) is 23.5 Å². The topological polar surface area (TPSA) is 77.0 Å². The number of carbonyl (C=O) groups excluding carboxylic acids is 1. The van der Waals surface area contributed by atoms with E-state index in [1.54, 1.807) is 30.5 Å². The van der Waals surface area contributed by atoms with Crippen LogP contribution in [0, 0.1) is 5.92 Å². The van der Waals surface area contributed by atoms with E-state index in [9.17, 15) is 4.79 Å². The van der Waals surface area contributed by atoms with Gasteiger partial charge in [0.05, 0.1) is 22.7 Å². The van der Waals surface area contributed by atoms with Crippen LogP contribution in [0.25, 0.3) is 17.3 Å². The van der Waals surface area contributed by atoms with Gasteiger partial charge in [-0.25, -0.2) is 4.98 Å². The summed E-state index contributed by atoms with van der Waals surface area (Å²) in [4.78, 5) is 19.8. The maximum atomic E-state index is 13.2. The van der Waals surface area contributed by atoms with Gasteiger partial charge in [-0.1, -0.05) is 65.3 Å². The Balaban J connectivity index is 1.12. The zero-order valence-corrected chi connectivity index (χ0v) is 24.5. The van der Waals surface area contributed by atoms with E-state index in [1.165, 1.54) is 28.7 Å². The molecule has 0 bridgehead atoms. The minimum atomic E-state index is -0.000331. The van der Waals surface area contributed by atoms with Crippen LogP contribution in [0.1, 0.15) is 33.9 Å². The number of likely N-dealkylation sites (tertiary alicyclic amines) is 1. The predicted molar refractivity (Wildman–Crippen MR) is 160 cm³/mol. The third-order valence-electron chi connectivity index (χ3n) is 6.89. The molecule has 0 spiro atoms. The lowest BCUT2D eigenvalue weighted by Crippen LogP contribution is -2.39. The van der Waals surface area contributed by atoms with Crippen molar-refractivity contribution in [2.24, 2.45) is 5.92 Å². The van der Waals surface area contributed by atoms with Gasteiger partial charge in [0.2, 0.25) is 5.82 Å². The number of piperidine rings is 1. The van der Waals surface area contributed by atoms with Gasteiger partial charge in [0.1, 0.15) is 10.7 Å². The smallest absolute Gasteiger partial charge is 0.273 e. The quantitative estimate of drug-likeness (QED) is 0.168. The Bertz CT molecular complexity index is 1600. The van der Waals surface area contributed by atoms with Crippen LogP contribution in [0.4, 0.5) is 0 Å². The van der Waals surface area contributed by atoms with Gasteiger partial charge in [-0.05, 0) is 61.1 Å². The van der Waals surface area contributed by atoms with Gasteiger partial charge in [-0.3, -0.25) is 9.36 Å². The van der Waals surface area contributed by atoms with Crippen molar-refractivity contribution < 1.29 is 9.21 Å². The molecule has 5 aromatic rings. The summed E-state index contributed by atoms with van der Waals surface area (Å²) in [6.07, 6.45) is 4.66. The summed E-state index contributed by atoms with van der Waals surface area (Å²) >= 11 is 15.8. The number of hydrogen-bond donors (Lipinski definition) is 0. The Morgan fingerprint density at radius 3 is 2.65 bits per heavy atom. The third kappa shape index (κ3) is 5.98. The van der Waals surface area contributed by atoms with Crippen LogP contribution in [0.5, 0.6) is 0 Å². The van der Waals surface area contributed by atoms with Gasteiger partial charge in [0.15, 0.2) is 10.9 Å². The second-order valence-electron chi connectivity index (χ2n) is 9.56. The molecular formula is C29H25Cl2N5O2S2. The molecule has 0 N–H and O–H groups in total. The summed E-state index contributed by atoms with van der Waals surface area (Å²) in [5.74, 6) is 2.20. The van der Waals surface area contributed by atoms with Crippen LogP contribution in [-0.4, -0.2) is 43.6 Å². The molecule has 7 nitrogen and oxygen atoms in total. The van der Waals surface area contributed by atoms with Crippen LogP contribution in [0.15, 0.2) is 81.9 Å². The maximum absolute atomic E-state index is 13.2. The number of furan rings is 1. The lowest BCUT2D eigenvalue weighted by Gasteiger charge is -2.31. The second kappa shape index (κ2) is 12.2. The average Bonchev–Trinajstić information content (AvgIpc) is 3.75. The number of nitrogens with zero attached hydrogens (tertiary/aromatic N) is 5. The molecule has 0 atom stereocenters. The zero-order chi connectivity index (χ0) is 27.5. The number of carbonyl (C=O) groups is 1. The molecule has 1 saturated heterocycles. The first-order valence-corrected chi connectivity index (χ1v) is 15.5. The minimum absolute atomic E-state index is 0.000331. The second-order valence-corrected chi connectivity index (χ2v) is 12.3. The van der Waals surface area contributed by atoms with Crippen molar-refractivity contribution in [1.82, 2.24) is 24.6 Å². The van der Waals surface area contributed by atoms with E-state index < -0.39 is 0 Å². The third-order valence-corrected chi connectivity index (χ3v) is 9.42. The summed E-state index contributed by atoms with van der Waals surface area (Å²) < 4.78 is 7.42. The van der Waals surface area contributed by atoms with E-state index in [0.29, 0.717) is 49.8 Å². The van der Waals surface area contributed by atoms with E-state index in [4.69, 9.17) is 27.6 Å². The van der Waals surface area contributed by atoms with Crippen molar-refractivity contribution in [2.45, 2.75) is 30.2 Å². The Hall–Kier alpha value is -3.11. The van der Waals surface area contributed by atoms with E-state index in [2.05, 4.69) is 39.4 Å². The largest absolute Gasteiger partial charge is 0.461 e. The van der Waals surface area contributed by atoms with Crippen molar-refractivity contribution in [3.05, 3.63) is 98.6 Å². The first-order valence-electron chi connectivity index (χ1n) is 12.9. The average molecular weight is 611 g/mol. The highest BCUT2D eigenvalue weighted by Gasteiger charge is 2.26. The molecule has 2 aromatic carbocycles. The fraction of sp³-hybridized carbons (Fsp3) is 0.241. The molecular weight excluding hydrogens is 585 g/mol. The zero-order valence-electron chi connectivity index (χ0n) is 21.4. The Morgan fingerprint density at radius 1 is 1.05 bits per heavy atom. The molecule has 3 aromatic heterocycles. The number of thioether (sulfide) groups is 1. The molecule has 1 aliphatic rings. The summed E-state index contributed by atoms with van der Waals surface area (Å²) in [6, 6.07) is 19.4. The summed E-state index contributed by atoms with van der Waals surface area (Å²) in [6.45, 7) is 1.52. The van der Waals surface area contributed by atoms with Crippen LogP contribution < -0.4 is 0 Å². The lowest BCUT2D eigenvalue weighted by molar-refractivity contribution is 0.0685. The maximum Gasteiger partial charge on any atom is 0.273 e. The lowest BCUT2D eigenvalue weighted by atomic mass is 9.90. The molecule has 0 radical (unpaired) electrons. The number of amides is 1. The van der Waals surface area contributed by atoms with Crippen molar-refractivity contribution in [1.29, 1.82) is 0 Å². The number of aromatic nitrogens is 4. The molecule has 0 saturated carbocycles. The summed E-state index contributed by atoms with van der Waals surface area (Å²) in [7, 11) is 0. The van der Waals surface area contributed by atoms with Gasteiger partial charge in [-0.2, -0.15) is 0 Å². The van der Waals surface area contributed by atoms with E-state index >= 15 is 0 Å². The molecule has 40 heavy (non-hydrogen) atoms. The van der Waals surface area contributed by atoms with Crippen molar-refractivity contribution in [2.75, 3.05) is 13.1 Å². The fourth-order valence-electron chi connectivity index (χ4n) is 4.85. The van der Waals surface area contributed by atoms with E-state index in [1.807, 2.05) is 27.0 Å². The highest BCUT2D eigenvalue weighted by molar-refractivity contribution is 7.98. The molecule has 0 aliphatic carbocycles. The molecule has 4 heterocycles. The minimum Gasteiger partial charge on any atom is -0.461 e. The molecule has 204 valence electrons. The Kier molecular flexibility index (Phi) is 8.25. The number of rotatable bonds is 8. The fourth-order valence-corrected chi connectivity index (χ4v) is 6.95. The van der Waals surface area contributed by atoms with Crippen LogP contribution >= 0.6 is 46.3 Å². The van der Waals surface area contributed by atoms with Gasteiger partial charge in [-0.15, -0.1) is 21.5 Å². The molecule has 0 unspecified atom stereocenters. The van der Waals surface area contributed by atoms with Gasteiger partial charge >= 0.3 is 0 Å². The number of halogens is 2. The standard InChI is InChI=1S/C29H25Cl2N5O2S2/c30-21-8-9-22(31)24(16-21)36-27(25-7-4-14-38-25)33-34-29(36)40-18-26-32-23(17-39-26)28(37)35-12-10-20(11-13-35)15-19-5-2-1-3-6-19/h1-9,14,16-17,20H,10-13,15,18H2. The summed E-state index contributed by atoms with van der Waals surface area (Å²) in [5.41, 5.74) is 2.51. The number of thiazole rings is 1. The monoisotopic (exact) mass is 609 g/mol. The molecule has 1 amide bonds. The van der Waals surface area contributed by atoms with Crippen molar-refractivity contribution in [3.8, 4) is 17.3 Å². The van der Waals surface area contributed by atoms with Gasteiger partial charge < -0.3 is 9.32 Å². The first kappa shape index (κ1) is 27.1. The van der Waals surface area contributed by atoms with E-state index in [-0.39, 0.29) is 5.91 Å². The van der Waals surface area contributed by atoms with Crippen molar-refractivity contribution >= 4 is 52.2 Å². The van der Waals surface area contributed by atoms with Crippen LogP contribution in [-0.2, 0) is 12.2 Å². The molecule has 1 aliphatic heterocycles. The summed E-state index contributed by atoms with van der Waals surface area (Å²) in [5, 5.41) is 13.1. The normalized spacial score (nSPS) is 14.1. The molecule has 6 rings (SSSR count). The highest BCUT2D eigenvalue weighted by Crippen LogP contribution is 2.34. The van der Waals surface area contributed by atoms with Gasteiger partial charge in [0.25, 0.3) is 5.91 Å². The van der Waals surface area contributed by atoms with Crippen molar-refractivity contribution in [3.63, 3.8) is 0 Å². The SMILES string of the molecule is O=C(c1csc(CSc2nnc(-c3ccco3)n2-c2cc(Cl)ccc2Cl)n1)N1CCC(Cc2ccccc2)CC1. The Morgan fingerprint density at radius 2 is 1.88 bits per heavy atom. The predicted octanol–water partition coefficient (Wildman–Crippen LogP) is 7.68. The van der Waals surface area contributed by atoms with E-state index in [0.717, 1.165) is 37.4 Å². The molecule has 11 heteroatoms. The first-order chi connectivity index (χ1) is 19.5.